The van der Waals surface area contributed by atoms with Crippen molar-refractivity contribution in [1.82, 2.24) is 0 Å². The number of benzene rings is 1. The summed E-state index contributed by atoms with van der Waals surface area (Å²) in [7, 11) is 0. The fourth-order valence-electron chi connectivity index (χ4n) is 5.64. The van der Waals surface area contributed by atoms with Crippen LogP contribution in [-0.2, 0) is 4.79 Å². The average molecular weight is 351 g/mol. The first-order valence-electron chi connectivity index (χ1n) is 8.67. The highest BCUT2D eigenvalue weighted by atomic mass is 35.5. The van der Waals surface area contributed by atoms with Crippen LogP contribution in [0, 0.1) is 29.6 Å². The van der Waals surface area contributed by atoms with Crippen molar-refractivity contribution in [3.63, 3.8) is 0 Å². The van der Waals surface area contributed by atoms with E-state index in [4.69, 9.17) is 15.2 Å². The summed E-state index contributed by atoms with van der Waals surface area (Å²) in [5.41, 5.74) is 7.25. The Morgan fingerprint density at radius 3 is 2.21 bits per heavy atom. The maximum Gasteiger partial charge on any atom is 0.231 e. The van der Waals surface area contributed by atoms with E-state index in [9.17, 15) is 4.79 Å². The number of halogens is 1. The number of hydrogen-bond donors (Lipinski definition) is 2. The standard InChI is InChI=1S/C18H22N2O3.ClH/c19-13-6-15-16(23-8-22-15)7-14(13)20-18(21)17-11-2-9-1-10(4-11)5-12(17)3-9;/h6-7,9-12,17H,1-5,8,19H2,(H,20,21);1H. The van der Waals surface area contributed by atoms with Gasteiger partial charge in [0.2, 0.25) is 12.7 Å². The summed E-state index contributed by atoms with van der Waals surface area (Å²) in [5.74, 6) is 4.49. The molecular formula is C18H23ClN2O3. The minimum absolute atomic E-state index is 0. The molecule has 0 spiro atoms. The highest BCUT2D eigenvalue weighted by Crippen LogP contribution is 2.56. The highest BCUT2D eigenvalue weighted by molar-refractivity contribution is 5.96. The molecule has 1 aromatic rings. The number of nitrogens with two attached hydrogens (primary N) is 1. The van der Waals surface area contributed by atoms with Crippen molar-refractivity contribution < 1.29 is 14.3 Å². The molecule has 5 nitrogen and oxygen atoms in total. The number of nitrogens with one attached hydrogen (secondary N) is 1. The predicted molar refractivity (Wildman–Crippen MR) is 93.4 cm³/mol. The number of nitrogen functional groups attached to an aromatic ring is 1. The molecule has 6 heteroatoms. The van der Waals surface area contributed by atoms with Gasteiger partial charge in [-0.2, -0.15) is 0 Å². The number of fused-ring (bicyclic) bond motifs is 1. The third-order valence-corrected chi connectivity index (χ3v) is 6.33. The zero-order chi connectivity index (χ0) is 15.6. The summed E-state index contributed by atoms with van der Waals surface area (Å²) < 4.78 is 10.7. The quantitative estimate of drug-likeness (QED) is 0.801. The van der Waals surface area contributed by atoms with Crippen molar-refractivity contribution in [2.45, 2.75) is 32.1 Å². The van der Waals surface area contributed by atoms with Gasteiger partial charge < -0.3 is 20.5 Å². The highest BCUT2D eigenvalue weighted by Gasteiger charge is 2.50. The second kappa shape index (κ2) is 5.73. The average Bonchev–Trinajstić information content (AvgIpc) is 2.93. The van der Waals surface area contributed by atoms with Crippen LogP contribution in [0.3, 0.4) is 0 Å². The summed E-state index contributed by atoms with van der Waals surface area (Å²) in [6.07, 6.45) is 6.35. The summed E-state index contributed by atoms with van der Waals surface area (Å²) in [4.78, 5) is 12.9. The minimum Gasteiger partial charge on any atom is -0.454 e. The number of hydrogen-bond acceptors (Lipinski definition) is 4. The molecule has 4 fully saturated rings. The zero-order valence-corrected chi connectivity index (χ0v) is 14.3. The fraction of sp³-hybridized carbons (Fsp3) is 0.611. The van der Waals surface area contributed by atoms with Crippen molar-refractivity contribution in [2.24, 2.45) is 29.6 Å². The maximum atomic E-state index is 12.9. The van der Waals surface area contributed by atoms with Crippen LogP contribution in [0.5, 0.6) is 11.5 Å². The van der Waals surface area contributed by atoms with Crippen LogP contribution in [0.25, 0.3) is 0 Å². The van der Waals surface area contributed by atoms with Gasteiger partial charge in [-0.3, -0.25) is 4.79 Å². The SMILES string of the molecule is Cl.Nc1cc2c(cc1NC(=O)C1C3CC4CC(C3)CC1C4)OCO2. The lowest BCUT2D eigenvalue weighted by Crippen LogP contribution is -2.49. The first-order valence-corrected chi connectivity index (χ1v) is 8.67. The molecule has 6 rings (SSSR count). The molecule has 1 heterocycles. The largest absolute Gasteiger partial charge is 0.454 e. The first kappa shape index (κ1) is 15.9. The van der Waals surface area contributed by atoms with Gasteiger partial charge in [0.05, 0.1) is 11.4 Å². The number of ether oxygens (including phenoxy) is 2. The predicted octanol–water partition coefficient (Wildman–Crippen LogP) is 3.43. The van der Waals surface area contributed by atoms with Gasteiger partial charge in [0.25, 0.3) is 0 Å². The molecule has 3 N–H and O–H groups in total. The third-order valence-electron chi connectivity index (χ3n) is 6.33. The van der Waals surface area contributed by atoms with E-state index in [1.54, 1.807) is 12.1 Å². The molecule has 0 saturated heterocycles. The molecule has 0 aromatic heterocycles. The Hall–Kier alpha value is -1.62. The molecule has 1 aromatic carbocycles. The second-order valence-corrected chi connectivity index (χ2v) is 7.74. The van der Waals surface area contributed by atoms with Crippen LogP contribution in [0.15, 0.2) is 12.1 Å². The van der Waals surface area contributed by atoms with E-state index in [0.717, 1.165) is 11.8 Å². The van der Waals surface area contributed by atoms with Crippen LogP contribution in [0.1, 0.15) is 32.1 Å². The Labute approximate surface area is 147 Å². The van der Waals surface area contributed by atoms with Crippen LogP contribution in [0.2, 0.25) is 0 Å². The minimum atomic E-state index is 0. The van der Waals surface area contributed by atoms with E-state index in [2.05, 4.69) is 5.32 Å². The molecule has 4 bridgehead atoms. The lowest BCUT2D eigenvalue weighted by atomic mass is 9.51. The number of rotatable bonds is 2. The molecule has 1 aliphatic heterocycles. The summed E-state index contributed by atoms with van der Waals surface area (Å²) in [5, 5.41) is 3.07. The van der Waals surface area contributed by atoms with Gasteiger partial charge in [0, 0.05) is 18.1 Å². The van der Waals surface area contributed by atoms with Crippen LogP contribution >= 0.6 is 12.4 Å². The lowest BCUT2D eigenvalue weighted by Gasteiger charge is -2.53. The molecule has 5 aliphatic rings. The summed E-state index contributed by atoms with van der Waals surface area (Å²) >= 11 is 0. The molecule has 24 heavy (non-hydrogen) atoms. The number of anilines is 2. The Morgan fingerprint density at radius 2 is 1.58 bits per heavy atom. The lowest BCUT2D eigenvalue weighted by molar-refractivity contribution is -0.132. The molecule has 0 atom stereocenters. The Bertz CT molecular complexity index is 650. The van der Waals surface area contributed by atoms with Gasteiger partial charge in [-0.25, -0.2) is 0 Å². The van der Waals surface area contributed by atoms with E-state index >= 15 is 0 Å². The van der Waals surface area contributed by atoms with E-state index in [1.165, 1.54) is 32.1 Å². The van der Waals surface area contributed by atoms with Gasteiger partial charge in [-0.15, -0.1) is 12.4 Å². The molecule has 130 valence electrons. The second-order valence-electron chi connectivity index (χ2n) is 7.74. The number of amides is 1. The molecule has 0 unspecified atom stereocenters. The number of carbonyl (C=O) groups is 1. The van der Waals surface area contributed by atoms with Gasteiger partial charge in [-0.05, 0) is 55.8 Å². The van der Waals surface area contributed by atoms with Gasteiger partial charge >= 0.3 is 0 Å². The monoisotopic (exact) mass is 350 g/mol. The zero-order valence-electron chi connectivity index (χ0n) is 13.5. The van der Waals surface area contributed by atoms with E-state index in [-0.39, 0.29) is 31.0 Å². The summed E-state index contributed by atoms with van der Waals surface area (Å²) in [6.45, 7) is 0.210. The van der Waals surface area contributed by atoms with Crippen LogP contribution < -0.4 is 20.5 Å². The topological polar surface area (TPSA) is 73.6 Å². The van der Waals surface area contributed by atoms with Crippen LogP contribution in [-0.4, -0.2) is 12.7 Å². The maximum absolute atomic E-state index is 12.9. The number of carbonyl (C=O) groups excluding carboxylic acids is 1. The van der Waals surface area contributed by atoms with E-state index in [1.807, 2.05) is 0 Å². The smallest absolute Gasteiger partial charge is 0.231 e. The van der Waals surface area contributed by atoms with Gasteiger partial charge in [-0.1, -0.05) is 0 Å². The molecule has 4 aliphatic carbocycles. The normalized spacial score (nSPS) is 34.8. The van der Waals surface area contributed by atoms with E-state index < -0.39 is 0 Å². The van der Waals surface area contributed by atoms with Crippen molar-refractivity contribution in [3.8, 4) is 11.5 Å². The van der Waals surface area contributed by atoms with Crippen LogP contribution in [0.4, 0.5) is 11.4 Å². The third kappa shape index (κ3) is 2.41. The van der Waals surface area contributed by atoms with Crippen molar-refractivity contribution in [2.75, 3.05) is 17.8 Å². The fourth-order valence-corrected chi connectivity index (χ4v) is 5.64. The Balaban J connectivity index is 0.00000146. The van der Waals surface area contributed by atoms with Gasteiger partial charge in [0.15, 0.2) is 11.5 Å². The van der Waals surface area contributed by atoms with Crippen molar-refractivity contribution >= 4 is 29.7 Å². The molecule has 1 amide bonds. The molecule has 0 radical (unpaired) electrons. The van der Waals surface area contributed by atoms with E-state index in [0.29, 0.717) is 34.7 Å². The van der Waals surface area contributed by atoms with Crippen molar-refractivity contribution in [3.05, 3.63) is 12.1 Å². The Kier molecular flexibility index (Phi) is 3.79. The molecular weight excluding hydrogens is 328 g/mol. The summed E-state index contributed by atoms with van der Waals surface area (Å²) in [6, 6.07) is 3.51. The molecule has 4 saturated carbocycles. The Morgan fingerprint density at radius 1 is 1.00 bits per heavy atom. The first-order chi connectivity index (χ1) is 11.2. The van der Waals surface area contributed by atoms with Gasteiger partial charge in [0.1, 0.15) is 0 Å². The van der Waals surface area contributed by atoms with Crippen molar-refractivity contribution in [1.29, 1.82) is 0 Å².